The van der Waals surface area contributed by atoms with Gasteiger partial charge in [0.25, 0.3) is 0 Å². The van der Waals surface area contributed by atoms with Crippen LogP contribution < -0.4 is 10.2 Å². The molecule has 1 aromatic heterocycles. The van der Waals surface area contributed by atoms with Gasteiger partial charge in [-0.3, -0.25) is 0 Å². The molecule has 0 saturated carbocycles. The van der Waals surface area contributed by atoms with E-state index >= 15 is 4.39 Å². The maximum absolute atomic E-state index is 15.1. The fraction of sp³-hybridized carbons (Fsp3) is 0.375. The number of rotatable bonds is 4. The second-order valence-corrected chi connectivity index (χ2v) is 8.48. The van der Waals surface area contributed by atoms with Crippen molar-refractivity contribution in [3.05, 3.63) is 58.5 Å². The molecule has 0 radical (unpaired) electrons. The SMILES string of the molecule is Cc1c(C#N)cccc1[C@@H](C)Nc1nnc(C)c2cc(F)c(N3C[C@@H]4C[C@H]3CO4)cc12. The Morgan fingerprint density at radius 3 is 2.81 bits per heavy atom. The first-order chi connectivity index (χ1) is 15.0. The number of hydrogen-bond donors (Lipinski definition) is 1. The third kappa shape index (κ3) is 3.28. The van der Waals surface area contributed by atoms with E-state index in [2.05, 4.69) is 26.5 Å². The lowest BCUT2D eigenvalue weighted by Crippen LogP contribution is -2.37. The van der Waals surface area contributed by atoms with E-state index in [0.717, 1.165) is 28.3 Å². The summed E-state index contributed by atoms with van der Waals surface area (Å²) in [5.41, 5.74) is 3.89. The van der Waals surface area contributed by atoms with Crippen LogP contribution >= 0.6 is 0 Å². The van der Waals surface area contributed by atoms with Crippen LogP contribution in [-0.2, 0) is 4.74 Å². The number of aromatic nitrogens is 2. The zero-order valence-electron chi connectivity index (χ0n) is 17.8. The van der Waals surface area contributed by atoms with Gasteiger partial charge in [0.15, 0.2) is 5.82 Å². The molecule has 158 valence electrons. The van der Waals surface area contributed by atoms with Gasteiger partial charge in [0, 0.05) is 17.3 Å². The predicted octanol–water partition coefficient (Wildman–Crippen LogP) is 4.41. The molecule has 2 aliphatic rings. The van der Waals surface area contributed by atoms with Gasteiger partial charge in [-0.15, -0.1) is 5.10 Å². The van der Waals surface area contributed by atoms with Gasteiger partial charge in [-0.1, -0.05) is 12.1 Å². The van der Waals surface area contributed by atoms with E-state index in [0.29, 0.717) is 35.9 Å². The average molecular weight is 417 g/mol. The first-order valence-corrected chi connectivity index (χ1v) is 10.6. The standard InChI is InChI=1S/C24H24FN5O/c1-13-16(10-26)5-4-6-19(13)14(2)27-24-21-9-23(30-11-18-7-17(30)12-31-18)22(25)8-20(21)15(3)28-29-24/h4-6,8-9,14,17-18H,7,11-12H2,1-3H3,(H,27,29)/t14-,17+,18+/m1/s1. The van der Waals surface area contributed by atoms with Gasteiger partial charge in [-0.05, 0) is 56.5 Å². The van der Waals surface area contributed by atoms with Crippen molar-refractivity contribution in [2.75, 3.05) is 23.4 Å². The Kier molecular flexibility index (Phi) is 4.75. The molecule has 0 amide bonds. The maximum Gasteiger partial charge on any atom is 0.157 e. The van der Waals surface area contributed by atoms with E-state index in [1.807, 2.05) is 45.0 Å². The summed E-state index contributed by atoms with van der Waals surface area (Å²) in [4.78, 5) is 2.12. The Labute approximate surface area is 180 Å². The number of morpholine rings is 1. The summed E-state index contributed by atoms with van der Waals surface area (Å²) in [5, 5.41) is 23.0. The normalized spacial score (nSPS) is 20.8. The van der Waals surface area contributed by atoms with Crippen molar-refractivity contribution in [2.45, 2.75) is 45.4 Å². The molecular formula is C24H24FN5O. The van der Waals surface area contributed by atoms with E-state index in [-0.39, 0.29) is 24.0 Å². The van der Waals surface area contributed by atoms with E-state index in [1.165, 1.54) is 0 Å². The molecule has 6 nitrogen and oxygen atoms in total. The number of nitrogens with zero attached hydrogens (tertiary/aromatic N) is 4. The summed E-state index contributed by atoms with van der Waals surface area (Å²) < 4.78 is 20.8. The fourth-order valence-electron chi connectivity index (χ4n) is 4.84. The zero-order valence-corrected chi connectivity index (χ0v) is 17.8. The van der Waals surface area contributed by atoms with Gasteiger partial charge in [0.2, 0.25) is 0 Å². The van der Waals surface area contributed by atoms with Crippen LogP contribution in [0.4, 0.5) is 15.9 Å². The second-order valence-electron chi connectivity index (χ2n) is 8.48. The quantitative estimate of drug-likeness (QED) is 0.678. The summed E-state index contributed by atoms with van der Waals surface area (Å²) in [7, 11) is 0. The molecule has 3 atom stereocenters. The highest BCUT2D eigenvalue weighted by Crippen LogP contribution is 2.38. The number of nitrogens with one attached hydrogen (secondary N) is 1. The van der Waals surface area contributed by atoms with Crippen molar-refractivity contribution in [2.24, 2.45) is 0 Å². The topological polar surface area (TPSA) is 74.1 Å². The third-order valence-electron chi connectivity index (χ3n) is 6.56. The van der Waals surface area contributed by atoms with E-state index < -0.39 is 0 Å². The Balaban J connectivity index is 1.55. The molecule has 0 aliphatic carbocycles. The van der Waals surface area contributed by atoms with Gasteiger partial charge in [0.1, 0.15) is 5.82 Å². The number of benzene rings is 2. The molecule has 31 heavy (non-hydrogen) atoms. The highest BCUT2D eigenvalue weighted by Gasteiger charge is 2.40. The van der Waals surface area contributed by atoms with Crippen LogP contribution in [0.15, 0.2) is 30.3 Å². The Bertz CT molecular complexity index is 1220. The number of nitriles is 1. The van der Waals surface area contributed by atoms with Crippen LogP contribution in [0.2, 0.25) is 0 Å². The van der Waals surface area contributed by atoms with Crippen LogP contribution in [0.1, 0.15) is 41.8 Å². The summed E-state index contributed by atoms with van der Waals surface area (Å²) in [6.07, 6.45) is 1.13. The van der Waals surface area contributed by atoms with Crippen molar-refractivity contribution in [1.29, 1.82) is 5.26 Å². The summed E-state index contributed by atoms with van der Waals surface area (Å²) in [5.74, 6) is 0.365. The first-order valence-electron chi connectivity index (χ1n) is 10.6. The lowest BCUT2D eigenvalue weighted by Gasteiger charge is -2.29. The number of halogens is 1. The van der Waals surface area contributed by atoms with E-state index in [9.17, 15) is 5.26 Å². The second kappa shape index (κ2) is 7.47. The molecule has 0 spiro atoms. The van der Waals surface area contributed by atoms with Crippen LogP contribution in [0, 0.1) is 31.0 Å². The highest BCUT2D eigenvalue weighted by atomic mass is 19.1. The largest absolute Gasteiger partial charge is 0.374 e. The number of hydrogen-bond acceptors (Lipinski definition) is 6. The smallest absolute Gasteiger partial charge is 0.157 e. The van der Waals surface area contributed by atoms with E-state index in [1.54, 1.807) is 6.07 Å². The molecule has 5 rings (SSSR count). The number of fused-ring (bicyclic) bond motifs is 3. The minimum atomic E-state index is -0.243. The van der Waals surface area contributed by atoms with Crippen molar-refractivity contribution in [1.82, 2.24) is 10.2 Å². The third-order valence-corrected chi connectivity index (χ3v) is 6.56. The Morgan fingerprint density at radius 2 is 2.10 bits per heavy atom. The molecular weight excluding hydrogens is 393 g/mol. The van der Waals surface area contributed by atoms with Gasteiger partial charge in [-0.2, -0.15) is 10.4 Å². The summed E-state index contributed by atoms with van der Waals surface area (Å²) in [6, 6.07) is 11.5. The van der Waals surface area contributed by atoms with Gasteiger partial charge in [-0.25, -0.2) is 4.39 Å². The Morgan fingerprint density at radius 1 is 1.26 bits per heavy atom. The maximum atomic E-state index is 15.1. The lowest BCUT2D eigenvalue weighted by atomic mass is 9.98. The molecule has 2 bridgehead atoms. The zero-order chi connectivity index (χ0) is 21.7. The molecule has 2 aliphatic heterocycles. The molecule has 2 fully saturated rings. The van der Waals surface area contributed by atoms with Crippen LogP contribution in [0.25, 0.3) is 10.8 Å². The molecule has 0 unspecified atom stereocenters. The Hall–Kier alpha value is -3.24. The molecule has 2 saturated heterocycles. The minimum absolute atomic E-state index is 0.0989. The predicted molar refractivity (Wildman–Crippen MR) is 118 cm³/mol. The average Bonchev–Trinajstić information content (AvgIpc) is 3.39. The minimum Gasteiger partial charge on any atom is -0.374 e. The first kappa shape index (κ1) is 19.7. The lowest BCUT2D eigenvalue weighted by molar-refractivity contribution is 0.0989. The number of aryl methyl sites for hydroxylation is 1. The summed E-state index contributed by atoms with van der Waals surface area (Å²) in [6.45, 7) is 7.17. The molecule has 1 N–H and O–H groups in total. The fourth-order valence-corrected chi connectivity index (χ4v) is 4.84. The summed E-state index contributed by atoms with van der Waals surface area (Å²) >= 11 is 0. The van der Waals surface area contributed by atoms with Gasteiger partial charge >= 0.3 is 0 Å². The van der Waals surface area contributed by atoms with Crippen molar-refractivity contribution >= 4 is 22.3 Å². The number of ether oxygens (including phenoxy) is 1. The molecule has 3 aromatic rings. The number of anilines is 2. The van der Waals surface area contributed by atoms with E-state index in [4.69, 9.17) is 4.74 Å². The molecule has 7 heteroatoms. The van der Waals surface area contributed by atoms with Crippen molar-refractivity contribution in [3.63, 3.8) is 0 Å². The molecule has 3 heterocycles. The monoisotopic (exact) mass is 417 g/mol. The van der Waals surface area contributed by atoms with Gasteiger partial charge in [0.05, 0.1) is 47.8 Å². The van der Waals surface area contributed by atoms with Crippen molar-refractivity contribution in [3.8, 4) is 6.07 Å². The van der Waals surface area contributed by atoms with Crippen LogP contribution in [-0.4, -0.2) is 35.5 Å². The van der Waals surface area contributed by atoms with Crippen LogP contribution in [0.3, 0.4) is 0 Å². The van der Waals surface area contributed by atoms with Crippen LogP contribution in [0.5, 0.6) is 0 Å². The van der Waals surface area contributed by atoms with Crippen molar-refractivity contribution < 1.29 is 9.13 Å². The highest BCUT2D eigenvalue weighted by molar-refractivity contribution is 5.95. The van der Waals surface area contributed by atoms with Gasteiger partial charge < -0.3 is 15.0 Å². The molecule has 2 aromatic carbocycles.